The lowest BCUT2D eigenvalue weighted by Crippen LogP contribution is -2.58. The third-order valence-electron chi connectivity index (χ3n) is 9.21. The number of likely N-dealkylation sites (tertiary alicyclic amines) is 1. The van der Waals surface area contributed by atoms with Gasteiger partial charge in [-0.2, -0.15) is 0 Å². The van der Waals surface area contributed by atoms with Gasteiger partial charge in [0.1, 0.15) is 12.1 Å². The van der Waals surface area contributed by atoms with Gasteiger partial charge in [-0.3, -0.25) is 24.1 Å². The van der Waals surface area contributed by atoms with Gasteiger partial charge in [-0.25, -0.2) is 0 Å². The Morgan fingerprint density at radius 3 is 2.43 bits per heavy atom. The molecule has 5 rings (SSSR count). The number of nitrogens with one attached hydrogen (secondary N) is 2. The van der Waals surface area contributed by atoms with E-state index in [2.05, 4.69) is 21.6 Å². The topological polar surface area (TPSA) is 98.8 Å². The first-order valence-corrected chi connectivity index (χ1v) is 14.9. The van der Waals surface area contributed by atoms with Gasteiger partial charge in [-0.1, -0.05) is 37.8 Å². The molecule has 2 saturated carbocycles. The van der Waals surface area contributed by atoms with Crippen molar-refractivity contribution in [2.45, 2.75) is 114 Å². The summed E-state index contributed by atoms with van der Waals surface area (Å²) in [7, 11) is 0. The summed E-state index contributed by atoms with van der Waals surface area (Å²) in [6.45, 7) is 2.53. The van der Waals surface area contributed by atoms with Crippen LogP contribution in [0, 0.1) is 11.8 Å². The number of carbonyl (C=O) groups is 4. The van der Waals surface area contributed by atoms with Crippen molar-refractivity contribution in [2.75, 3.05) is 19.6 Å². The maximum absolute atomic E-state index is 14.2. The molecule has 0 aromatic carbocycles. The Morgan fingerprint density at radius 2 is 1.65 bits per heavy atom. The molecule has 0 aromatic heterocycles. The number of nitrogens with zero attached hydrogens (tertiary/aromatic N) is 2. The minimum atomic E-state index is -0.900. The van der Waals surface area contributed by atoms with E-state index in [1.165, 1.54) is 6.42 Å². The lowest BCUT2D eigenvalue weighted by Gasteiger charge is -2.38. The summed E-state index contributed by atoms with van der Waals surface area (Å²) in [5.41, 5.74) is 0. The highest BCUT2D eigenvalue weighted by Gasteiger charge is 2.51. The first kappa shape index (κ1) is 26.4. The Kier molecular flexibility index (Phi) is 8.63. The Balaban J connectivity index is 1.39. The normalized spacial score (nSPS) is 35.0. The predicted molar refractivity (Wildman–Crippen MR) is 140 cm³/mol. The molecule has 0 spiro atoms. The molecule has 0 bridgehead atoms. The van der Waals surface area contributed by atoms with Crippen LogP contribution in [0.1, 0.15) is 89.9 Å². The SMILES string of the molecule is O=C(NC1CC1)C(=O)C1C/C=C\CCCCC[C@H](N2CCCCC2)C(=O)N2C[C@@H]3CCC[C@@H]3[C@H]2C(=O)N1. The molecule has 0 aromatic rings. The number of hydrogen-bond acceptors (Lipinski definition) is 5. The molecule has 3 aliphatic heterocycles. The molecule has 2 aliphatic carbocycles. The number of amides is 3. The zero-order valence-electron chi connectivity index (χ0n) is 22.2. The van der Waals surface area contributed by atoms with Crippen LogP contribution in [-0.4, -0.2) is 77.1 Å². The van der Waals surface area contributed by atoms with E-state index in [1.54, 1.807) is 0 Å². The van der Waals surface area contributed by atoms with Crippen LogP contribution < -0.4 is 10.6 Å². The van der Waals surface area contributed by atoms with Gasteiger partial charge in [0.2, 0.25) is 17.6 Å². The second-order valence-electron chi connectivity index (χ2n) is 11.9. The van der Waals surface area contributed by atoms with Gasteiger partial charge < -0.3 is 15.5 Å². The third kappa shape index (κ3) is 6.27. The maximum atomic E-state index is 14.2. The van der Waals surface area contributed by atoms with Crippen LogP contribution in [0.4, 0.5) is 0 Å². The van der Waals surface area contributed by atoms with Gasteiger partial charge in [0.05, 0.1) is 6.04 Å². The largest absolute Gasteiger partial charge is 0.347 e. The fourth-order valence-corrected chi connectivity index (χ4v) is 7.01. The minimum Gasteiger partial charge on any atom is -0.347 e. The molecule has 8 nitrogen and oxygen atoms in total. The smallest absolute Gasteiger partial charge is 0.289 e. The predicted octanol–water partition coefficient (Wildman–Crippen LogP) is 2.71. The summed E-state index contributed by atoms with van der Waals surface area (Å²) in [6.07, 6.45) is 17.4. The van der Waals surface area contributed by atoms with E-state index in [9.17, 15) is 19.2 Å². The number of hydrogen-bond donors (Lipinski definition) is 2. The molecule has 5 aliphatic rings. The number of rotatable bonds is 4. The maximum Gasteiger partial charge on any atom is 0.289 e. The lowest BCUT2D eigenvalue weighted by molar-refractivity contribution is -0.145. The van der Waals surface area contributed by atoms with Gasteiger partial charge >= 0.3 is 0 Å². The van der Waals surface area contributed by atoms with E-state index in [1.807, 2.05) is 11.0 Å². The lowest BCUT2D eigenvalue weighted by atomic mass is 9.92. The Hall–Kier alpha value is -2.22. The minimum absolute atomic E-state index is 0.0823. The third-order valence-corrected chi connectivity index (χ3v) is 9.21. The molecule has 0 radical (unpaired) electrons. The first-order valence-electron chi connectivity index (χ1n) is 14.9. The summed E-state index contributed by atoms with van der Waals surface area (Å²) in [5, 5.41) is 5.73. The molecular formula is C29H44N4O4. The summed E-state index contributed by atoms with van der Waals surface area (Å²) in [4.78, 5) is 57.9. The van der Waals surface area contributed by atoms with Gasteiger partial charge in [-0.15, -0.1) is 0 Å². The van der Waals surface area contributed by atoms with Crippen molar-refractivity contribution in [1.82, 2.24) is 20.4 Å². The fourth-order valence-electron chi connectivity index (χ4n) is 7.01. The van der Waals surface area contributed by atoms with Crippen molar-refractivity contribution >= 4 is 23.5 Å². The van der Waals surface area contributed by atoms with Gasteiger partial charge in [0.15, 0.2) is 0 Å². The summed E-state index contributed by atoms with van der Waals surface area (Å²) in [5.74, 6) is -0.887. The van der Waals surface area contributed by atoms with Crippen molar-refractivity contribution in [3.05, 3.63) is 12.2 Å². The van der Waals surface area contributed by atoms with Crippen LogP contribution in [-0.2, 0) is 19.2 Å². The first-order chi connectivity index (χ1) is 18.0. The molecule has 8 heteroatoms. The van der Waals surface area contributed by atoms with E-state index in [0.29, 0.717) is 18.9 Å². The van der Waals surface area contributed by atoms with Crippen LogP contribution in [0.2, 0.25) is 0 Å². The molecule has 1 unspecified atom stereocenters. The van der Waals surface area contributed by atoms with Crippen LogP contribution in [0.15, 0.2) is 12.2 Å². The zero-order valence-corrected chi connectivity index (χ0v) is 22.2. The highest BCUT2D eigenvalue weighted by molar-refractivity contribution is 6.38. The molecule has 3 amide bonds. The number of piperidine rings is 1. The van der Waals surface area contributed by atoms with Gasteiger partial charge in [0, 0.05) is 12.6 Å². The van der Waals surface area contributed by atoms with E-state index >= 15 is 0 Å². The highest BCUT2D eigenvalue weighted by Crippen LogP contribution is 2.43. The zero-order chi connectivity index (χ0) is 25.8. The second-order valence-corrected chi connectivity index (χ2v) is 11.9. The monoisotopic (exact) mass is 512 g/mol. The number of carbonyl (C=O) groups excluding carboxylic acids is 4. The van der Waals surface area contributed by atoms with Gasteiger partial charge in [-0.05, 0) is 89.1 Å². The summed E-state index contributed by atoms with van der Waals surface area (Å²) >= 11 is 0. The molecular weight excluding hydrogens is 468 g/mol. The molecule has 204 valence electrons. The van der Waals surface area contributed by atoms with Crippen molar-refractivity contribution in [3.63, 3.8) is 0 Å². The van der Waals surface area contributed by atoms with Crippen LogP contribution in [0.5, 0.6) is 0 Å². The number of ketones is 1. The molecule has 4 fully saturated rings. The number of Topliss-reactive ketones (excluding diaryl/α,β-unsaturated/α-hetero) is 1. The molecule has 2 saturated heterocycles. The fraction of sp³-hybridized carbons (Fsp3) is 0.793. The van der Waals surface area contributed by atoms with Crippen molar-refractivity contribution in [3.8, 4) is 0 Å². The summed E-state index contributed by atoms with van der Waals surface area (Å²) in [6, 6.07) is -1.54. The van der Waals surface area contributed by atoms with Crippen LogP contribution >= 0.6 is 0 Å². The second kappa shape index (κ2) is 12.1. The Labute approximate surface area is 221 Å². The van der Waals surface area contributed by atoms with Crippen LogP contribution in [0.3, 0.4) is 0 Å². The van der Waals surface area contributed by atoms with E-state index in [-0.39, 0.29) is 29.8 Å². The average Bonchev–Trinajstić information content (AvgIpc) is 3.47. The van der Waals surface area contributed by atoms with Crippen LogP contribution in [0.25, 0.3) is 0 Å². The summed E-state index contributed by atoms with van der Waals surface area (Å²) < 4.78 is 0. The van der Waals surface area contributed by atoms with E-state index in [4.69, 9.17) is 0 Å². The molecule has 37 heavy (non-hydrogen) atoms. The Bertz CT molecular complexity index is 894. The van der Waals surface area contributed by atoms with Crippen molar-refractivity contribution in [1.29, 1.82) is 0 Å². The molecule has 5 atom stereocenters. The molecule has 2 N–H and O–H groups in total. The van der Waals surface area contributed by atoms with Gasteiger partial charge in [0.25, 0.3) is 5.91 Å². The highest BCUT2D eigenvalue weighted by atomic mass is 16.2. The van der Waals surface area contributed by atoms with Crippen molar-refractivity contribution < 1.29 is 19.2 Å². The number of fused-ring (bicyclic) bond motifs is 3. The van der Waals surface area contributed by atoms with Crippen molar-refractivity contribution in [2.24, 2.45) is 11.8 Å². The average molecular weight is 513 g/mol. The number of allylic oxidation sites excluding steroid dienone is 1. The molecule has 3 heterocycles. The van der Waals surface area contributed by atoms with E-state index in [0.717, 1.165) is 90.1 Å². The standard InChI is InChI=1S/C29H44N4O4/c34-26(28(36)30-21-15-16-21)23-13-6-3-1-2-4-7-14-24(32-17-8-5-9-18-32)29(37)33-19-20-11-10-12-22(20)25(33)27(35)31-23/h3,6,20-25H,1-2,4-5,7-19H2,(H,30,36)(H,31,35)/b6-3-/t20-,22-,23?,24-,25-/m0/s1. The van der Waals surface area contributed by atoms with E-state index < -0.39 is 23.8 Å². The Morgan fingerprint density at radius 1 is 0.865 bits per heavy atom. The quantitative estimate of drug-likeness (QED) is 0.446.